The molecule has 1 heterocycles. The van der Waals surface area contributed by atoms with Crippen LogP contribution < -0.4 is 0 Å². The lowest BCUT2D eigenvalue weighted by Gasteiger charge is -2.29. The first-order chi connectivity index (χ1) is 8.15. The number of ketones is 1. The number of carbonyl (C=O) groups excluding carboxylic acids is 2. The van der Waals surface area contributed by atoms with Gasteiger partial charge >= 0.3 is 6.09 Å². The van der Waals surface area contributed by atoms with Crippen LogP contribution in [0.25, 0.3) is 0 Å². The van der Waals surface area contributed by atoms with Crippen molar-refractivity contribution in [1.82, 2.24) is 4.90 Å². The molecule has 0 aliphatic carbocycles. The zero-order valence-electron chi connectivity index (χ0n) is 10.1. The lowest BCUT2D eigenvalue weighted by molar-refractivity contribution is -0.121. The summed E-state index contributed by atoms with van der Waals surface area (Å²) in [5, 5.41) is 0.290. The van der Waals surface area contributed by atoms with E-state index < -0.39 is 6.09 Å². The molecule has 1 rings (SSSR count). The second kappa shape index (κ2) is 6.96. The first-order valence-corrected chi connectivity index (χ1v) is 6.78. The highest BCUT2D eigenvalue weighted by molar-refractivity contribution is 9.09. The van der Waals surface area contributed by atoms with Crippen molar-refractivity contribution in [1.29, 1.82) is 0 Å². The molecule has 1 amide bonds. The van der Waals surface area contributed by atoms with E-state index in [0.29, 0.717) is 25.1 Å². The van der Waals surface area contributed by atoms with Crippen molar-refractivity contribution >= 4 is 27.8 Å². The molecule has 0 aromatic carbocycles. The number of methoxy groups -OCH3 is 1. The number of halogens is 1. The Bertz CT molecular complexity index is 285. The fourth-order valence-corrected chi connectivity index (χ4v) is 2.42. The van der Waals surface area contributed by atoms with Crippen LogP contribution in [0.2, 0.25) is 0 Å². The van der Waals surface area contributed by atoms with E-state index in [2.05, 4.69) is 15.9 Å². The number of rotatable bonds is 5. The Kier molecular flexibility index (Phi) is 5.91. The molecule has 1 fully saturated rings. The third kappa shape index (κ3) is 3.42. The molecule has 0 aromatic rings. The maximum atomic E-state index is 11.7. The lowest BCUT2D eigenvalue weighted by Crippen LogP contribution is -2.47. The number of Topliss-reactive ketones (excluding diaryl/α,β-unsaturated/α-hetero) is 1. The first kappa shape index (κ1) is 14.4. The highest BCUT2D eigenvalue weighted by Crippen LogP contribution is 2.22. The second-order valence-corrected chi connectivity index (χ2v) is 4.54. The second-order valence-electron chi connectivity index (χ2n) is 3.97. The summed E-state index contributed by atoms with van der Waals surface area (Å²) in [6.45, 7) is 3.34. The first-order valence-electron chi connectivity index (χ1n) is 5.66. The predicted octanol–water partition coefficient (Wildman–Crippen LogP) is 1.44. The van der Waals surface area contributed by atoms with Gasteiger partial charge in [0, 0.05) is 6.54 Å². The molecule has 0 aromatic heterocycles. The molecule has 2 atom stereocenters. The number of amides is 1. The van der Waals surface area contributed by atoms with E-state index in [1.165, 1.54) is 7.11 Å². The van der Waals surface area contributed by atoms with Crippen LogP contribution in [0.4, 0.5) is 4.79 Å². The van der Waals surface area contributed by atoms with Gasteiger partial charge in [0.05, 0.1) is 37.6 Å². The Morgan fingerprint density at radius 1 is 1.47 bits per heavy atom. The third-order valence-corrected chi connectivity index (χ3v) is 3.42. The van der Waals surface area contributed by atoms with E-state index >= 15 is 0 Å². The van der Waals surface area contributed by atoms with Gasteiger partial charge in [-0.25, -0.2) is 4.79 Å². The van der Waals surface area contributed by atoms with E-state index in [1.54, 1.807) is 4.90 Å². The minimum atomic E-state index is -0.394. The molecule has 17 heavy (non-hydrogen) atoms. The summed E-state index contributed by atoms with van der Waals surface area (Å²) in [6.07, 6.45) is 0.426. The number of alkyl halides is 1. The zero-order chi connectivity index (χ0) is 12.8. The number of hydrogen-bond donors (Lipinski definition) is 0. The van der Waals surface area contributed by atoms with Crippen molar-refractivity contribution in [3.05, 3.63) is 0 Å². The highest BCUT2D eigenvalue weighted by Gasteiger charge is 2.39. The maximum absolute atomic E-state index is 11.7. The molecule has 0 saturated carbocycles. The molecule has 0 bridgehead atoms. The van der Waals surface area contributed by atoms with E-state index in [4.69, 9.17) is 9.47 Å². The SMILES string of the molecule is CCCN(C(=O)OC)C1COCC1C(=O)CBr. The van der Waals surface area contributed by atoms with Crippen molar-refractivity contribution < 1.29 is 19.1 Å². The van der Waals surface area contributed by atoms with Crippen molar-refractivity contribution in [3.8, 4) is 0 Å². The predicted molar refractivity (Wildman–Crippen MR) is 66.3 cm³/mol. The summed E-state index contributed by atoms with van der Waals surface area (Å²) in [5.74, 6) is -0.183. The number of ether oxygens (including phenoxy) is 2. The minimum Gasteiger partial charge on any atom is -0.453 e. The molecule has 0 N–H and O–H groups in total. The molecule has 2 unspecified atom stereocenters. The van der Waals surface area contributed by atoms with Gasteiger partial charge in [0.1, 0.15) is 0 Å². The summed E-state index contributed by atoms with van der Waals surface area (Å²) >= 11 is 3.15. The topological polar surface area (TPSA) is 55.8 Å². The summed E-state index contributed by atoms with van der Waals surface area (Å²) in [4.78, 5) is 25.0. The molecular weight excluding hydrogens is 290 g/mol. The highest BCUT2D eigenvalue weighted by atomic mass is 79.9. The van der Waals surface area contributed by atoms with E-state index in [1.807, 2.05) is 6.92 Å². The molecule has 0 spiro atoms. The average Bonchev–Trinajstić information content (AvgIpc) is 2.82. The van der Waals surface area contributed by atoms with Gasteiger partial charge in [0.2, 0.25) is 0 Å². The lowest BCUT2D eigenvalue weighted by atomic mass is 9.98. The van der Waals surface area contributed by atoms with Crippen molar-refractivity contribution in [2.45, 2.75) is 19.4 Å². The van der Waals surface area contributed by atoms with Crippen LogP contribution in [0.5, 0.6) is 0 Å². The third-order valence-electron chi connectivity index (χ3n) is 2.87. The smallest absolute Gasteiger partial charge is 0.409 e. The number of carbonyl (C=O) groups is 2. The van der Waals surface area contributed by atoms with Gasteiger partial charge < -0.3 is 14.4 Å². The largest absolute Gasteiger partial charge is 0.453 e. The fraction of sp³-hybridized carbons (Fsp3) is 0.818. The monoisotopic (exact) mass is 307 g/mol. The Balaban J connectivity index is 2.78. The van der Waals surface area contributed by atoms with Crippen LogP contribution in [-0.4, -0.2) is 55.0 Å². The van der Waals surface area contributed by atoms with E-state index in [-0.39, 0.29) is 17.7 Å². The van der Waals surface area contributed by atoms with Crippen LogP contribution in [-0.2, 0) is 14.3 Å². The summed E-state index contributed by atoms with van der Waals surface area (Å²) in [5.41, 5.74) is 0. The Morgan fingerprint density at radius 3 is 2.71 bits per heavy atom. The van der Waals surface area contributed by atoms with Crippen molar-refractivity contribution in [2.24, 2.45) is 5.92 Å². The molecule has 1 saturated heterocycles. The van der Waals surface area contributed by atoms with Crippen molar-refractivity contribution in [2.75, 3.05) is 32.2 Å². The Labute approximate surface area is 110 Å². The number of nitrogens with zero attached hydrogens (tertiary/aromatic N) is 1. The molecule has 1 aliphatic rings. The summed E-state index contributed by atoms with van der Waals surface area (Å²) in [6, 6.07) is -0.201. The normalized spacial score (nSPS) is 23.5. The van der Waals surface area contributed by atoms with Gasteiger partial charge in [-0.2, -0.15) is 0 Å². The molecule has 6 heteroatoms. The molecule has 98 valence electrons. The van der Waals surface area contributed by atoms with E-state index in [9.17, 15) is 9.59 Å². The average molecular weight is 308 g/mol. The quantitative estimate of drug-likeness (QED) is 0.721. The molecular formula is C11H18BrNO4. The maximum Gasteiger partial charge on any atom is 0.409 e. The van der Waals surface area contributed by atoms with Crippen LogP contribution in [0.3, 0.4) is 0 Å². The van der Waals surface area contributed by atoms with Gasteiger partial charge in [0.25, 0.3) is 0 Å². The molecule has 5 nitrogen and oxygen atoms in total. The summed E-state index contributed by atoms with van der Waals surface area (Å²) in [7, 11) is 1.35. The van der Waals surface area contributed by atoms with E-state index in [0.717, 1.165) is 6.42 Å². The standard InChI is InChI=1S/C11H18BrNO4/c1-3-4-13(11(15)16-2)9-7-17-6-8(9)10(14)5-12/h8-9H,3-7H2,1-2H3. The Morgan fingerprint density at radius 2 is 2.18 bits per heavy atom. The van der Waals surface area contributed by atoms with Crippen molar-refractivity contribution in [3.63, 3.8) is 0 Å². The van der Waals surface area contributed by atoms with Crippen LogP contribution >= 0.6 is 15.9 Å². The molecule has 0 radical (unpaired) electrons. The Hall–Kier alpha value is -0.620. The fourth-order valence-electron chi connectivity index (χ4n) is 2.01. The van der Waals surface area contributed by atoms with Gasteiger partial charge in [0.15, 0.2) is 5.78 Å². The van der Waals surface area contributed by atoms with Crippen LogP contribution in [0, 0.1) is 5.92 Å². The zero-order valence-corrected chi connectivity index (χ0v) is 11.7. The van der Waals surface area contributed by atoms with Crippen LogP contribution in [0.15, 0.2) is 0 Å². The van der Waals surface area contributed by atoms with Gasteiger partial charge in [-0.3, -0.25) is 4.79 Å². The van der Waals surface area contributed by atoms with Crippen LogP contribution in [0.1, 0.15) is 13.3 Å². The van der Waals surface area contributed by atoms with Gasteiger partial charge in [-0.05, 0) is 6.42 Å². The summed E-state index contributed by atoms with van der Waals surface area (Å²) < 4.78 is 10.1. The minimum absolute atomic E-state index is 0.0671. The molecule has 1 aliphatic heterocycles. The van der Waals surface area contributed by atoms with Gasteiger partial charge in [-0.1, -0.05) is 22.9 Å². The number of hydrogen-bond acceptors (Lipinski definition) is 4. The van der Waals surface area contributed by atoms with Gasteiger partial charge in [-0.15, -0.1) is 0 Å².